The van der Waals surface area contributed by atoms with Crippen LogP contribution >= 0.6 is 0 Å². The van der Waals surface area contributed by atoms with Gasteiger partial charge in [-0.05, 0) is 50.0 Å². The number of allylic oxidation sites excluding steroid dienone is 1. The number of aliphatic imine (C=N–C) groups is 2. The van der Waals surface area contributed by atoms with Gasteiger partial charge in [0, 0.05) is 44.4 Å². The summed E-state index contributed by atoms with van der Waals surface area (Å²) in [6.07, 6.45) is 13.1. The number of carbonyl (C=O) groups is 1. The number of rotatable bonds is 6. The van der Waals surface area contributed by atoms with E-state index < -0.39 is 0 Å². The van der Waals surface area contributed by atoms with Crippen molar-refractivity contribution in [2.45, 2.75) is 56.3 Å². The van der Waals surface area contributed by atoms with Crippen molar-refractivity contribution in [2.24, 2.45) is 15.9 Å². The van der Waals surface area contributed by atoms with Gasteiger partial charge in [-0.1, -0.05) is 6.08 Å². The molecule has 1 amide bonds. The number of amides is 1. The van der Waals surface area contributed by atoms with E-state index in [9.17, 15) is 4.79 Å². The lowest BCUT2D eigenvalue weighted by Gasteiger charge is -2.40. The molecule has 2 bridgehead atoms. The lowest BCUT2D eigenvalue weighted by Crippen LogP contribution is -2.52. The molecule has 0 aromatic carbocycles. The number of amidine groups is 1. The Morgan fingerprint density at radius 1 is 1.24 bits per heavy atom. The fourth-order valence-corrected chi connectivity index (χ4v) is 5.45. The minimum atomic E-state index is -0.278. The van der Waals surface area contributed by atoms with Crippen molar-refractivity contribution in [1.82, 2.24) is 25.7 Å². The van der Waals surface area contributed by atoms with E-state index in [1.165, 1.54) is 12.8 Å². The monoisotopic (exact) mass is 459 g/mol. The Balaban J connectivity index is 1.30. The number of dihydropyridines is 1. The lowest BCUT2D eigenvalue weighted by atomic mass is 9.91. The van der Waals surface area contributed by atoms with Crippen LogP contribution in [-0.4, -0.2) is 70.8 Å². The first-order valence-corrected chi connectivity index (χ1v) is 11.9. The van der Waals surface area contributed by atoms with Gasteiger partial charge in [0.25, 0.3) is 5.91 Å². The highest BCUT2D eigenvalue weighted by Crippen LogP contribution is 2.36. The van der Waals surface area contributed by atoms with Gasteiger partial charge in [0.05, 0.1) is 18.0 Å². The number of hydrogen-bond acceptors (Lipinski definition) is 9. The Hall–Kier alpha value is -3.58. The van der Waals surface area contributed by atoms with Gasteiger partial charge in [-0.25, -0.2) is 4.99 Å². The SMILES string of the molecule is CNC(=O)c1ccc(NC2=CC3N=CC=CC3C(N[C@@H]3C[C@H]4CC[C@@H](C3)N4CCC#N)=N2)nn1. The molecule has 176 valence electrons. The van der Waals surface area contributed by atoms with Crippen molar-refractivity contribution < 1.29 is 4.79 Å². The molecule has 5 atom stereocenters. The standard InChI is InChI=1S/C24H29N9O/c1-26-24(34)19-7-8-21(32-31-19)29-22-14-20-18(4-2-10-27-20)23(30-22)28-15-12-16-5-6-17(13-15)33(16)11-3-9-25/h2,4,7-8,10,14-18,20H,3,5-6,11-13H2,1H3,(H,26,34)(H,28,30)(H,29,32)/t15-,16-,17+,18?,20?. The third-order valence-corrected chi connectivity index (χ3v) is 7.01. The van der Waals surface area contributed by atoms with Crippen molar-refractivity contribution in [2.75, 3.05) is 18.9 Å². The van der Waals surface area contributed by atoms with Gasteiger partial charge in [0.1, 0.15) is 11.7 Å². The molecule has 10 nitrogen and oxygen atoms in total. The van der Waals surface area contributed by atoms with Crippen LogP contribution in [0.15, 0.2) is 46.2 Å². The molecule has 4 aliphatic heterocycles. The Bertz CT molecular complexity index is 1070. The second-order valence-electron chi connectivity index (χ2n) is 9.10. The third kappa shape index (κ3) is 4.56. The quantitative estimate of drug-likeness (QED) is 0.589. The number of nitrogens with zero attached hydrogens (tertiary/aromatic N) is 6. The number of nitrogens with one attached hydrogen (secondary N) is 3. The molecular formula is C24H29N9O. The molecule has 2 unspecified atom stereocenters. The summed E-state index contributed by atoms with van der Waals surface area (Å²) in [7, 11) is 1.56. The molecule has 1 aromatic heterocycles. The number of hydrogen-bond donors (Lipinski definition) is 3. The first-order valence-electron chi connectivity index (χ1n) is 11.9. The minimum Gasteiger partial charge on any atom is -0.370 e. The highest BCUT2D eigenvalue weighted by Gasteiger charge is 2.41. The van der Waals surface area contributed by atoms with Crippen LogP contribution in [0.4, 0.5) is 5.82 Å². The summed E-state index contributed by atoms with van der Waals surface area (Å²) in [4.78, 5) is 23.8. The number of anilines is 1. The van der Waals surface area contributed by atoms with Crippen molar-refractivity contribution in [3.63, 3.8) is 0 Å². The smallest absolute Gasteiger partial charge is 0.271 e. The van der Waals surface area contributed by atoms with E-state index >= 15 is 0 Å². The van der Waals surface area contributed by atoms with Crippen LogP contribution in [0.3, 0.4) is 0 Å². The Morgan fingerprint density at radius 3 is 2.76 bits per heavy atom. The third-order valence-electron chi connectivity index (χ3n) is 7.01. The largest absolute Gasteiger partial charge is 0.370 e. The van der Waals surface area contributed by atoms with Crippen LogP contribution in [-0.2, 0) is 0 Å². The molecule has 0 spiro atoms. The predicted octanol–water partition coefficient (Wildman–Crippen LogP) is 1.63. The van der Waals surface area contributed by atoms with Crippen LogP contribution in [0.5, 0.6) is 0 Å². The Morgan fingerprint density at radius 2 is 2.06 bits per heavy atom. The number of piperidine rings is 1. The maximum atomic E-state index is 11.7. The zero-order valence-corrected chi connectivity index (χ0v) is 19.2. The molecule has 5 heterocycles. The van der Waals surface area contributed by atoms with E-state index in [2.05, 4.69) is 48.2 Å². The van der Waals surface area contributed by atoms with Crippen LogP contribution in [0.2, 0.25) is 0 Å². The maximum Gasteiger partial charge on any atom is 0.271 e. The molecule has 2 fully saturated rings. The highest BCUT2D eigenvalue weighted by atomic mass is 16.1. The van der Waals surface area contributed by atoms with E-state index in [0.717, 1.165) is 25.2 Å². The summed E-state index contributed by atoms with van der Waals surface area (Å²) in [5.74, 6) is 1.88. The zero-order valence-electron chi connectivity index (χ0n) is 19.2. The van der Waals surface area contributed by atoms with Crippen LogP contribution in [0.1, 0.15) is 42.6 Å². The molecule has 3 N–H and O–H groups in total. The number of nitriles is 1. The van der Waals surface area contributed by atoms with Gasteiger partial charge in [-0.15, -0.1) is 10.2 Å². The van der Waals surface area contributed by atoms with Gasteiger partial charge in [-0.2, -0.15) is 5.26 Å². The lowest BCUT2D eigenvalue weighted by molar-refractivity contribution is 0.0957. The van der Waals surface area contributed by atoms with E-state index in [4.69, 9.17) is 10.3 Å². The summed E-state index contributed by atoms with van der Waals surface area (Å²) in [5.41, 5.74) is 0.259. The van der Waals surface area contributed by atoms with E-state index in [0.29, 0.717) is 36.2 Å². The average Bonchev–Trinajstić information content (AvgIpc) is 3.10. The average molecular weight is 460 g/mol. The summed E-state index contributed by atoms with van der Waals surface area (Å²) in [6.45, 7) is 0.873. The van der Waals surface area contributed by atoms with Crippen molar-refractivity contribution in [3.05, 3.63) is 41.9 Å². The Kier molecular flexibility index (Phi) is 6.36. The Labute approximate surface area is 198 Å². The van der Waals surface area contributed by atoms with Gasteiger partial charge < -0.3 is 16.0 Å². The van der Waals surface area contributed by atoms with Crippen LogP contribution in [0, 0.1) is 17.2 Å². The molecule has 10 heteroatoms. The molecule has 0 radical (unpaired) electrons. The molecular weight excluding hydrogens is 430 g/mol. The van der Waals surface area contributed by atoms with Gasteiger partial charge in [-0.3, -0.25) is 14.7 Å². The molecule has 2 saturated heterocycles. The summed E-state index contributed by atoms with van der Waals surface area (Å²) in [6, 6.07) is 7.00. The molecule has 34 heavy (non-hydrogen) atoms. The number of fused-ring (bicyclic) bond motifs is 3. The van der Waals surface area contributed by atoms with Gasteiger partial charge >= 0.3 is 0 Å². The summed E-state index contributed by atoms with van der Waals surface area (Å²) in [5, 5.41) is 26.6. The molecule has 5 rings (SSSR count). The number of carbonyl (C=O) groups excluding carboxylic acids is 1. The fourth-order valence-electron chi connectivity index (χ4n) is 5.45. The second kappa shape index (κ2) is 9.73. The number of aromatic nitrogens is 2. The van der Waals surface area contributed by atoms with Crippen LogP contribution < -0.4 is 16.0 Å². The van der Waals surface area contributed by atoms with Crippen molar-refractivity contribution >= 4 is 23.8 Å². The molecule has 0 saturated carbocycles. The van der Waals surface area contributed by atoms with E-state index in [-0.39, 0.29) is 23.6 Å². The normalized spacial score (nSPS) is 29.5. The van der Waals surface area contributed by atoms with Crippen molar-refractivity contribution in [1.29, 1.82) is 5.26 Å². The first kappa shape index (κ1) is 22.2. The van der Waals surface area contributed by atoms with Gasteiger partial charge in [0.2, 0.25) is 0 Å². The molecule has 0 aliphatic carbocycles. The highest BCUT2D eigenvalue weighted by molar-refractivity contribution is 5.92. The second-order valence-corrected chi connectivity index (χ2v) is 9.10. The van der Waals surface area contributed by atoms with E-state index in [1.54, 1.807) is 19.2 Å². The van der Waals surface area contributed by atoms with Gasteiger partial charge in [0.15, 0.2) is 11.5 Å². The van der Waals surface area contributed by atoms with Crippen molar-refractivity contribution in [3.8, 4) is 6.07 Å². The summed E-state index contributed by atoms with van der Waals surface area (Å²) < 4.78 is 0. The topological polar surface area (TPSA) is 131 Å². The predicted molar refractivity (Wildman–Crippen MR) is 129 cm³/mol. The van der Waals surface area contributed by atoms with E-state index in [1.807, 2.05) is 18.4 Å². The summed E-state index contributed by atoms with van der Waals surface area (Å²) >= 11 is 0. The molecule has 4 aliphatic rings. The molecule has 1 aromatic rings. The van der Waals surface area contributed by atoms with Crippen LogP contribution in [0.25, 0.3) is 0 Å². The fraction of sp³-hybridized carbons (Fsp3) is 0.500. The minimum absolute atomic E-state index is 0.0435. The maximum absolute atomic E-state index is 11.7. The first-order chi connectivity index (χ1) is 16.6. The zero-order chi connectivity index (χ0) is 23.5.